The molecular formula is C24H24N2O2. The molecule has 1 aliphatic heterocycles. The van der Waals surface area contributed by atoms with E-state index < -0.39 is 0 Å². The molecule has 3 aromatic carbocycles. The Balaban J connectivity index is 1.35. The number of rotatable bonds is 5. The van der Waals surface area contributed by atoms with Crippen LogP contribution in [0.4, 0.5) is 5.69 Å². The van der Waals surface area contributed by atoms with Crippen LogP contribution in [0.2, 0.25) is 0 Å². The Morgan fingerprint density at radius 2 is 1.79 bits per heavy atom. The van der Waals surface area contributed by atoms with Crippen LogP contribution in [0.3, 0.4) is 0 Å². The molecule has 4 nitrogen and oxygen atoms in total. The first kappa shape index (κ1) is 18.2. The molecule has 142 valence electrons. The summed E-state index contributed by atoms with van der Waals surface area (Å²) in [5.41, 5.74) is 3.13. The Bertz CT molecular complexity index is 1010. The number of hydrogen-bond donors (Lipinski definition) is 1. The molecule has 28 heavy (non-hydrogen) atoms. The van der Waals surface area contributed by atoms with Crippen molar-refractivity contribution in [2.45, 2.75) is 19.8 Å². The van der Waals surface area contributed by atoms with Crippen LogP contribution in [0, 0.1) is 12.8 Å². The lowest BCUT2D eigenvalue weighted by Crippen LogP contribution is -2.32. The minimum absolute atomic E-state index is 0.00223. The van der Waals surface area contributed by atoms with Gasteiger partial charge in [0.2, 0.25) is 11.8 Å². The number of nitrogens with one attached hydrogen (secondary N) is 1. The molecule has 0 radical (unpaired) electrons. The number of benzene rings is 3. The van der Waals surface area contributed by atoms with E-state index in [9.17, 15) is 9.59 Å². The monoisotopic (exact) mass is 372 g/mol. The van der Waals surface area contributed by atoms with Crippen molar-refractivity contribution in [3.05, 3.63) is 77.9 Å². The summed E-state index contributed by atoms with van der Waals surface area (Å²) in [6, 6.07) is 22.1. The van der Waals surface area contributed by atoms with Crippen molar-refractivity contribution in [1.29, 1.82) is 0 Å². The molecule has 1 heterocycles. The van der Waals surface area contributed by atoms with Gasteiger partial charge in [0.15, 0.2) is 0 Å². The number of carbonyl (C=O) groups excluding carboxylic acids is 2. The highest BCUT2D eigenvalue weighted by Crippen LogP contribution is 2.25. The zero-order valence-corrected chi connectivity index (χ0v) is 16.0. The smallest absolute Gasteiger partial charge is 0.227 e. The summed E-state index contributed by atoms with van der Waals surface area (Å²) >= 11 is 0. The fraction of sp³-hybridized carbons (Fsp3) is 0.250. The lowest BCUT2D eigenvalue weighted by molar-refractivity contribution is -0.121. The summed E-state index contributed by atoms with van der Waals surface area (Å²) in [6.45, 7) is 3.21. The molecule has 0 bridgehead atoms. The molecule has 1 fully saturated rings. The number of aryl methyl sites for hydroxylation is 1. The van der Waals surface area contributed by atoms with Crippen LogP contribution in [0.25, 0.3) is 10.8 Å². The molecule has 3 aromatic rings. The average molecular weight is 372 g/mol. The third-order valence-electron chi connectivity index (χ3n) is 5.37. The average Bonchev–Trinajstić information content (AvgIpc) is 3.08. The Morgan fingerprint density at radius 1 is 1.04 bits per heavy atom. The number of anilines is 1. The highest BCUT2D eigenvalue weighted by Gasteiger charge is 2.30. The summed E-state index contributed by atoms with van der Waals surface area (Å²) < 4.78 is 0. The van der Waals surface area contributed by atoms with Gasteiger partial charge in [-0.2, -0.15) is 0 Å². The van der Waals surface area contributed by atoms with Crippen molar-refractivity contribution >= 4 is 28.3 Å². The normalized spacial score (nSPS) is 16.5. The van der Waals surface area contributed by atoms with Crippen molar-refractivity contribution in [2.24, 2.45) is 5.92 Å². The van der Waals surface area contributed by atoms with Gasteiger partial charge in [-0.15, -0.1) is 0 Å². The Hall–Kier alpha value is -3.14. The van der Waals surface area contributed by atoms with Gasteiger partial charge in [0.05, 0.1) is 6.42 Å². The molecule has 1 atom stereocenters. The number of nitrogens with zero attached hydrogens (tertiary/aromatic N) is 1. The van der Waals surface area contributed by atoms with E-state index in [4.69, 9.17) is 0 Å². The second-order valence-corrected chi connectivity index (χ2v) is 7.53. The van der Waals surface area contributed by atoms with E-state index in [1.165, 1.54) is 5.56 Å². The SMILES string of the molecule is Cc1ccc(N2CC(CNC(=O)Cc3cccc4ccccc34)CC2=O)cc1. The quantitative estimate of drug-likeness (QED) is 0.739. The second kappa shape index (κ2) is 7.85. The maximum atomic E-state index is 12.5. The highest BCUT2D eigenvalue weighted by molar-refractivity contribution is 5.96. The van der Waals surface area contributed by atoms with Gasteiger partial charge in [-0.1, -0.05) is 60.2 Å². The van der Waals surface area contributed by atoms with Crippen LogP contribution in [0.15, 0.2) is 66.7 Å². The van der Waals surface area contributed by atoms with Crippen molar-refractivity contribution in [3.63, 3.8) is 0 Å². The van der Waals surface area contributed by atoms with Crippen LogP contribution >= 0.6 is 0 Å². The number of fused-ring (bicyclic) bond motifs is 1. The topological polar surface area (TPSA) is 49.4 Å². The van der Waals surface area contributed by atoms with Gasteiger partial charge < -0.3 is 10.2 Å². The zero-order chi connectivity index (χ0) is 19.5. The predicted octanol–water partition coefficient (Wildman–Crippen LogP) is 3.86. The van der Waals surface area contributed by atoms with Gasteiger partial charge in [0.1, 0.15) is 0 Å². The number of amides is 2. The van der Waals surface area contributed by atoms with Crippen molar-refractivity contribution < 1.29 is 9.59 Å². The number of hydrogen-bond acceptors (Lipinski definition) is 2. The van der Waals surface area contributed by atoms with E-state index in [2.05, 4.69) is 17.4 Å². The molecule has 1 unspecified atom stereocenters. The van der Waals surface area contributed by atoms with Crippen LogP contribution < -0.4 is 10.2 Å². The van der Waals surface area contributed by atoms with E-state index in [1.54, 1.807) is 0 Å². The standard InChI is InChI=1S/C24H24N2O2/c1-17-9-11-21(12-10-17)26-16-18(13-24(26)28)15-25-23(27)14-20-7-4-6-19-5-2-3-8-22(19)20/h2-12,18H,13-16H2,1H3,(H,25,27). The third kappa shape index (κ3) is 3.91. The van der Waals surface area contributed by atoms with Gasteiger partial charge in [-0.25, -0.2) is 0 Å². The minimum Gasteiger partial charge on any atom is -0.355 e. The lowest BCUT2D eigenvalue weighted by atomic mass is 10.0. The van der Waals surface area contributed by atoms with Crippen LogP contribution in [-0.2, 0) is 16.0 Å². The molecule has 0 aromatic heterocycles. The summed E-state index contributed by atoms with van der Waals surface area (Å²) in [4.78, 5) is 26.7. The molecule has 0 spiro atoms. The van der Waals surface area contributed by atoms with Crippen molar-refractivity contribution in [3.8, 4) is 0 Å². The Morgan fingerprint density at radius 3 is 2.61 bits per heavy atom. The minimum atomic E-state index is -0.00223. The molecule has 1 N–H and O–H groups in total. The van der Waals surface area contributed by atoms with Crippen molar-refractivity contribution in [1.82, 2.24) is 5.32 Å². The van der Waals surface area contributed by atoms with E-state index in [-0.39, 0.29) is 17.7 Å². The zero-order valence-electron chi connectivity index (χ0n) is 16.0. The van der Waals surface area contributed by atoms with Crippen LogP contribution in [0.5, 0.6) is 0 Å². The van der Waals surface area contributed by atoms with E-state index in [0.29, 0.717) is 25.9 Å². The fourth-order valence-electron chi connectivity index (χ4n) is 3.83. The molecular weight excluding hydrogens is 348 g/mol. The summed E-state index contributed by atoms with van der Waals surface area (Å²) in [5.74, 6) is 0.264. The Kier molecular flexibility index (Phi) is 5.11. The first-order valence-electron chi connectivity index (χ1n) is 9.70. The van der Waals surface area contributed by atoms with E-state index in [0.717, 1.165) is 22.0 Å². The van der Waals surface area contributed by atoms with Gasteiger partial charge >= 0.3 is 0 Å². The van der Waals surface area contributed by atoms with Gasteiger partial charge in [-0.05, 0) is 35.4 Å². The third-order valence-corrected chi connectivity index (χ3v) is 5.37. The number of carbonyl (C=O) groups is 2. The molecule has 1 saturated heterocycles. The first-order valence-corrected chi connectivity index (χ1v) is 9.70. The van der Waals surface area contributed by atoms with Gasteiger partial charge in [0, 0.05) is 31.1 Å². The van der Waals surface area contributed by atoms with Crippen molar-refractivity contribution in [2.75, 3.05) is 18.0 Å². The highest BCUT2D eigenvalue weighted by atomic mass is 16.2. The second-order valence-electron chi connectivity index (χ2n) is 7.53. The van der Waals surface area contributed by atoms with E-state index >= 15 is 0 Å². The largest absolute Gasteiger partial charge is 0.355 e. The maximum absolute atomic E-state index is 12.5. The lowest BCUT2D eigenvalue weighted by Gasteiger charge is -2.17. The van der Waals surface area contributed by atoms with Crippen LogP contribution in [0.1, 0.15) is 17.5 Å². The molecule has 1 aliphatic rings. The molecule has 4 rings (SSSR count). The fourth-order valence-corrected chi connectivity index (χ4v) is 3.83. The Labute approximate surface area is 165 Å². The molecule has 2 amide bonds. The van der Waals surface area contributed by atoms with Gasteiger partial charge in [0.25, 0.3) is 0 Å². The summed E-state index contributed by atoms with van der Waals surface area (Å²) in [6.07, 6.45) is 0.826. The predicted molar refractivity (Wildman–Crippen MR) is 112 cm³/mol. The van der Waals surface area contributed by atoms with E-state index in [1.807, 2.05) is 66.4 Å². The van der Waals surface area contributed by atoms with Crippen LogP contribution in [-0.4, -0.2) is 24.9 Å². The molecule has 0 aliphatic carbocycles. The summed E-state index contributed by atoms with van der Waals surface area (Å²) in [7, 11) is 0. The molecule has 0 saturated carbocycles. The first-order chi connectivity index (χ1) is 13.6. The maximum Gasteiger partial charge on any atom is 0.227 e. The molecule has 4 heteroatoms. The summed E-state index contributed by atoms with van der Waals surface area (Å²) in [5, 5.41) is 5.28. The van der Waals surface area contributed by atoms with Gasteiger partial charge in [-0.3, -0.25) is 9.59 Å².